The van der Waals surface area contributed by atoms with Gasteiger partial charge in [-0.3, -0.25) is 4.40 Å². The van der Waals surface area contributed by atoms with E-state index in [2.05, 4.69) is 22.1 Å². The summed E-state index contributed by atoms with van der Waals surface area (Å²) in [5, 5.41) is 9.24. The molecule has 0 N–H and O–H groups in total. The summed E-state index contributed by atoms with van der Waals surface area (Å²) >= 11 is 6.03. The minimum Gasteiger partial charge on any atom is -0.306 e. The SMILES string of the molecule is CN1CCCC(c2nnc3ccc(Cl)cn23)C1. The Labute approximate surface area is 105 Å². The summed E-state index contributed by atoms with van der Waals surface area (Å²) in [5.74, 6) is 1.50. The fourth-order valence-electron chi connectivity index (χ4n) is 2.54. The molecule has 2 aromatic heterocycles. The average molecular weight is 251 g/mol. The van der Waals surface area contributed by atoms with Gasteiger partial charge in [-0.15, -0.1) is 10.2 Å². The number of aromatic nitrogens is 3. The van der Waals surface area contributed by atoms with Crippen molar-refractivity contribution in [3.63, 3.8) is 0 Å². The zero-order valence-electron chi connectivity index (χ0n) is 9.80. The van der Waals surface area contributed by atoms with E-state index in [0.717, 1.165) is 23.0 Å². The molecular weight excluding hydrogens is 236 g/mol. The zero-order chi connectivity index (χ0) is 11.8. The molecule has 5 heteroatoms. The third-order valence-corrected chi connectivity index (χ3v) is 3.61. The molecule has 1 saturated heterocycles. The van der Waals surface area contributed by atoms with Crippen LogP contribution in [0, 0.1) is 0 Å². The van der Waals surface area contributed by atoms with Gasteiger partial charge >= 0.3 is 0 Å². The second kappa shape index (κ2) is 4.27. The van der Waals surface area contributed by atoms with Gasteiger partial charge in [0.2, 0.25) is 0 Å². The summed E-state index contributed by atoms with van der Waals surface area (Å²) in [7, 11) is 2.16. The molecule has 2 aromatic rings. The summed E-state index contributed by atoms with van der Waals surface area (Å²) in [6.07, 6.45) is 4.30. The number of likely N-dealkylation sites (N-methyl/N-ethyl adjacent to an activating group) is 1. The highest BCUT2D eigenvalue weighted by atomic mass is 35.5. The van der Waals surface area contributed by atoms with Gasteiger partial charge in [0.05, 0.1) is 5.02 Å². The molecule has 0 saturated carbocycles. The first-order valence-corrected chi connectivity index (χ1v) is 6.30. The van der Waals surface area contributed by atoms with E-state index in [4.69, 9.17) is 11.6 Å². The molecule has 0 spiro atoms. The number of piperidine rings is 1. The van der Waals surface area contributed by atoms with Gasteiger partial charge in [0.15, 0.2) is 5.65 Å². The molecule has 4 nitrogen and oxygen atoms in total. The fraction of sp³-hybridized carbons (Fsp3) is 0.500. The van der Waals surface area contributed by atoms with Crippen molar-refractivity contribution in [1.82, 2.24) is 19.5 Å². The summed E-state index contributed by atoms with van der Waals surface area (Å²) in [5.41, 5.74) is 0.873. The normalized spacial score (nSPS) is 22.1. The van der Waals surface area contributed by atoms with Crippen LogP contribution >= 0.6 is 11.6 Å². The van der Waals surface area contributed by atoms with Crippen LogP contribution < -0.4 is 0 Å². The van der Waals surface area contributed by atoms with Crippen LogP contribution in [0.3, 0.4) is 0 Å². The highest BCUT2D eigenvalue weighted by molar-refractivity contribution is 6.30. The lowest BCUT2D eigenvalue weighted by molar-refractivity contribution is 0.245. The Balaban J connectivity index is 2.01. The van der Waals surface area contributed by atoms with Gasteiger partial charge in [-0.2, -0.15) is 0 Å². The van der Waals surface area contributed by atoms with Gasteiger partial charge in [-0.1, -0.05) is 11.6 Å². The minimum atomic E-state index is 0.460. The monoisotopic (exact) mass is 250 g/mol. The van der Waals surface area contributed by atoms with Crippen LogP contribution in [-0.4, -0.2) is 39.6 Å². The number of rotatable bonds is 1. The van der Waals surface area contributed by atoms with Crippen LogP contribution in [0.15, 0.2) is 18.3 Å². The van der Waals surface area contributed by atoms with Crippen LogP contribution in [-0.2, 0) is 0 Å². The highest BCUT2D eigenvalue weighted by Gasteiger charge is 2.23. The van der Waals surface area contributed by atoms with Crippen LogP contribution in [0.25, 0.3) is 5.65 Å². The van der Waals surface area contributed by atoms with Gasteiger partial charge in [-0.05, 0) is 38.6 Å². The minimum absolute atomic E-state index is 0.460. The number of pyridine rings is 1. The number of fused-ring (bicyclic) bond motifs is 1. The van der Waals surface area contributed by atoms with E-state index in [1.807, 2.05) is 22.7 Å². The Morgan fingerprint density at radius 2 is 2.24 bits per heavy atom. The van der Waals surface area contributed by atoms with E-state index in [-0.39, 0.29) is 0 Å². The number of likely N-dealkylation sites (tertiary alicyclic amines) is 1. The van der Waals surface area contributed by atoms with E-state index in [1.54, 1.807) is 0 Å². The Bertz CT molecular complexity index is 536. The summed E-state index contributed by atoms with van der Waals surface area (Å²) in [6.45, 7) is 2.22. The van der Waals surface area contributed by atoms with Gasteiger partial charge in [0, 0.05) is 18.7 Å². The molecule has 1 fully saturated rings. The van der Waals surface area contributed by atoms with E-state index < -0.39 is 0 Å². The van der Waals surface area contributed by atoms with Crippen LogP contribution in [0.5, 0.6) is 0 Å². The van der Waals surface area contributed by atoms with Crippen molar-refractivity contribution in [3.8, 4) is 0 Å². The second-order valence-corrected chi connectivity index (χ2v) is 5.17. The maximum atomic E-state index is 6.03. The molecule has 1 aliphatic heterocycles. The third kappa shape index (κ3) is 2.03. The molecule has 1 atom stereocenters. The number of hydrogen-bond donors (Lipinski definition) is 0. The highest BCUT2D eigenvalue weighted by Crippen LogP contribution is 2.25. The fourth-order valence-corrected chi connectivity index (χ4v) is 2.70. The van der Waals surface area contributed by atoms with Gasteiger partial charge in [0.25, 0.3) is 0 Å². The first-order chi connectivity index (χ1) is 8.24. The van der Waals surface area contributed by atoms with E-state index in [1.165, 1.54) is 19.4 Å². The third-order valence-electron chi connectivity index (χ3n) is 3.38. The first kappa shape index (κ1) is 11.0. The lowest BCUT2D eigenvalue weighted by Gasteiger charge is -2.28. The van der Waals surface area contributed by atoms with Crippen molar-refractivity contribution in [3.05, 3.63) is 29.2 Å². The van der Waals surface area contributed by atoms with E-state index in [0.29, 0.717) is 5.92 Å². The molecule has 1 unspecified atom stereocenters. The average Bonchev–Trinajstić information content (AvgIpc) is 2.71. The maximum Gasteiger partial charge on any atom is 0.160 e. The topological polar surface area (TPSA) is 33.4 Å². The van der Waals surface area contributed by atoms with Crippen molar-refractivity contribution in [2.45, 2.75) is 18.8 Å². The molecule has 3 heterocycles. The Morgan fingerprint density at radius 3 is 3.06 bits per heavy atom. The number of hydrogen-bond acceptors (Lipinski definition) is 3. The van der Waals surface area contributed by atoms with Crippen molar-refractivity contribution < 1.29 is 0 Å². The predicted octanol–water partition coefficient (Wildman–Crippen LogP) is 2.19. The van der Waals surface area contributed by atoms with Crippen molar-refractivity contribution in [2.24, 2.45) is 0 Å². The van der Waals surface area contributed by atoms with Gasteiger partial charge in [-0.25, -0.2) is 0 Å². The van der Waals surface area contributed by atoms with Crippen LogP contribution in [0.1, 0.15) is 24.6 Å². The molecule has 0 amide bonds. The Kier molecular flexibility index (Phi) is 2.76. The number of halogens is 1. The first-order valence-electron chi connectivity index (χ1n) is 5.93. The standard InChI is InChI=1S/C12H15ClN4/c1-16-6-2-3-9(7-16)12-15-14-11-5-4-10(13)8-17(11)12/h4-5,8-9H,2-3,6-7H2,1H3. The zero-order valence-corrected chi connectivity index (χ0v) is 10.6. The van der Waals surface area contributed by atoms with Gasteiger partial charge < -0.3 is 4.90 Å². The molecule has 0 radical (unpaired) electrons. The molecule has 0 bridgehead atoms. The second-order valence-electron chi connectivity index (χ2n) is 4.74. The molecular formula is C12H15ClN4. The quantitative estimate of drug-likeness (QED) is 0.778. The molecule has 0 aliphatic carbocycles. The summed E-state index contributed by atoms with van der Waals surface area (Å²) in [4.78, 5) is 2.35. The van der Waals surface area contributed by atoms with Crippen molar-refractivity contribution in [1.29, 1.82) is 0 Å². The van der Waals surface area contributed by atoms with E-state index >= 15 is 0 Å². The predicted molar refractivity (Wildman–Crippen MR) is 67.5 cm³/mol. The van der Waals surface area contributed by atoms with Crippen molar-refractivity contribution >= 4 is 17.2 Å². The lowest BCUT2D eigenvalue weighted by atomic mass is 9.98. The maximum absolute atomic E-state index is 6.03. The summed E-state index contributed by atoms with van der Waals surface area (Å²) in [6, 6.07) is 3.76. The van der Waals surface area contributed by atoms with E-state index in [9.17, 15) is 0 Å². The summed E-state index contributed by atoms with van der Waals surface area (Å²) < 4.78 is 2.02. The lowest BCUT2D eigenvalue weighted by Crippen LogP contribution is -2.31. The van der Waals surface area contributed by atoms with Crippen molar-refractivity contribution in [2.75, 3.05) is 20.1 Å². The molecule has 1 aliphatic rings. The number of nitrogens with zero attached hydrogens (tertiary/aromatic N) is 4. The smallest absolute Gasteiger partial charge is 0.160 e. The molecule has 0 aromatic carbocycles. The Hall–Kier alpha value is -1.13. The van der Waals surface area contributed by atoms with Gasteiger partial charge in [0.1, 0.15) is 5.82 Å². The van der Waals surface area contributed by atoms with Crippen LogP contribution in [0.4, 0.5) is 0 Å². The Morgan fingerprint density at radius 1 is 1.35 bits per heavy atom. The molecule has 90 valence electrons. The molecule has 17 heavy (non-hydrogen) atoms. The largest absolute Gasteiger partial charge is 0.306 e. The van der Waals surface area contributed by atoms with Crippen LogP contribution in [0.2, 0.25) is 5.02 Å². The molecule has 3 rings (SSSR count).